The molecule has 2 aliphatic heterocycles. The number of aliphatic hydroxyl groups is 1. The van der Waals surface area contributed by atoms with Crippen molar-refractivity contribution in [2.75, 3.05) is 88.9 Å². The summed E-state index contributed by atoms with van der Waals surface area (Å²) in [7, 11) is 0. The lowest BCUT2D eigenvalue weighted by atomic mass is 10.1. The van der Waals surface area contributed by atoms with Gasteiger partial charge in [-0.2, -0.15) is 0 Å². The maximum Gasteiger partial charge on any atom is 0.161 e. The molecule has 0 amide bonds. The van der Waals surface area contributed by atoms with Gasteiger partial charge in [-0.25, -0.2) is 9.97 Å². The van der Waals surface area contributed by atoms with E-state index in [0.29, 0.717) is 0 Å². The van der Waals surface area contributed by atoms with Gasteiger partial charge >= 0.3 is 0 Å². The Morgan fingerprint density at radius 3 is 2.41 bits per heavy atom. The number of aliphatic hydroxyl groups excluding tert-OH is 1. The molecule has 0 saturated carbocycles. The van der Waals surface area contributed by atoms with E-state index in [-0.39, 0.29) is 6.61 Å². The molecule has 4 rings (SSSR count). The molecule has 174 valence electrons. The van der Waals surface area contributed by atoms with E-state index in [1.807, 2.05) is 13.1 Å². The SMILES string of the molecule is Cc1cnc(-c2ccc(N3CCN(CCO)CC3)cc2)nc1NCCCN1CCOCC1. The molecule has 2 fully saturated rings. The lowest BCUT2D eigenvalue weighted by Crippen LogP contribution is -2.47. The van der Waals surface area contributed by atoms with Gasteiger partial charge in [-0.3, -0.25) is 9.80 Å². The number of rotatable bonds is 9. The van der Waals surface area contributed by atoms with Crippen LogP contribution in [0, 0.1) is 6.92 Å². The second-order valence-electron chi connectivity index (χ2n) is 8.56. The fourth-order valence-electron chi connectivity index (χ4n) is 4.29. The van der Waals surface area contributed by atoms with Crippen molar-refractivity contribution in [3.05, 3.63) is 36.0 Å². The Labute approximate surface area is 191 Å². The van der Waals surface area contributed by atoms with Crippen molar-refractivity contribution >= 4 is 11.5 Å². The minimum Gasteiger partial charge on any atom is -0.395 e. The number of hydrogen-bond donors (Lipinski definition) is 2. The third-order valence-corrected chi connectivity index (χ3v) is 6.30. The fourth-order valence-corrected chi connectivity index (χ4v) is 4.29. The van der Waals surface area contributed by atoms with Crippen molar-refractivity contribution in [3.63, 3.8) is 0 Å². The van der Waals surface area contributed by atoms with Gasteiger partial charge in [-0.05, 0) is 44.2 Å². The van der Waals surface area contributed by atoms with Crippen LogP contribution in [-0.4, -0.2) is 104 Å². The number of anilines is 2. The second-order valence-corrected chi connectivity index (χ2v) is 8.56. The van der Waals surface area contributed by atoms with Crippen LogP contribution in [0.1, 0.15) is 12.0 Å². The van der Waals surface area contributed by atoms with Gasteiger partial charge in [-0.15, -0.1) is 0 Å². The van der Waals surface area contributed by atoms with Crippen LogP contribution in [-0.2, 0) is 4.74 Å². The van der Waals surface area contributed by atoms with E-state index in [0.717, 1.165) is 101 Å². The highest BCUT2D eigenvalue weighted by Gasteiger charge is 2.17. The summed E-state index contributed by atoms with van der Waals surface area (Å²) in [5.41, 5.74) is 3.33. The zero-order chi connectivity index (χ0) is 22.2. The Morgan fingerprint density at radius 1 is 0.969 bits per heavy atom. The Bertz CT molecular complexity index is 833. The van der Waals surface area contributed by atoms with Crippen molar-refractivity contribution in [3.8, 4) is 11.4 Å². The van der Waals surface area contributed by atoms with Gasteiger partial charge in [0.05, 0.1) is 19.8 Å². The van der Waals surface area contributed by atoms with Gasteiger partial charge in [-0.1, -0.05) is 0 Å². The Balaban J connectivity index is 1.31. The van der Waals surface area contributed by atoms with Crippen LogP contribution >= 0.6 is 0 Å². The van der Waals surface area contributed by atoms with Crippen molar-refractivity contribution in [1.29, 1.82) is 0 Å². The average Bonchev–Trinajstić information content (AvgIpc) is 2.84. The number of ether oxygens (including phenoxy) is 1. The number of nitrogens with one attached hydrogen (secondary N) is 1. The fraction of sp³-hybridized carbons (Fsp3) is 0.583. The van der Waals surface area contributed by atoms with Crippen LogP contribution in [0.2, 0.25) is 0 Å². The first-order chi connectivity index (χ1) is 15.7. The molecule has 2 aromatic rings. The predicted molar refractivity (Wildman–Crippen MR) is 128 cm³/mol. The smallest absolute Gasteiger partial charge is 0.161 e. The normalized spacial score (nSPS) is 18.1. The standard InChI is InChI=1S/C24H36N6O2/c1-20-19-26-24(27-23(20)25-7-2-8-28-14-17-32-18-15-28)21-3-5-22(6-4-21)30-11-9-29(10-12-30)13-16-31/h3-6,19,31H,2,7-18H2,1H3,(H,25,26,27). The molecule has 0 unspecified atom stereocenters. The molecular formula is C24H36N6O2. The molecule has 0 atom stereocenters. The zero-order valence-corrected chi connectivity index (χ0v) is 19.2. The van der Waals surface area contributed by atoms with Crippen LogP contribution in [0.5, 0.6) is 0 Å². The van der Waals surface area contributed by atoms with Gasteiger partial charge in [0.2, 0.25) is 0 Å². The van der Waals surface area contributed by atoms with E-state index in [4.69, 9.17) is 14.8 Å². The van der Waals surface area contributed by atoms with E-state index >= 15 is 0 Å². The highest BCUT2D eigenvalue weighted by molar-refractivity contribution is 5.62. The summed E-state index contributed by atoms with van der Waals surface area (Å²) in [5.74, 6) is 1.67. The molecule has 32 heavy (non-hydrogen) atoms. The van der Waals surface area contributed by atoms with E-state index in [2.05, 4.69) is 49.3 Å². The summed E-state index contributed by atoms with van der Waals surface area (Å²) in [6.45, 7) is 12.7. The second kappa shape index (κ2) is 11.6. The Morgan fingerprint density at radius 2 is 1.69 bits per heavy atom. The summed E-state index contributed by atoms with van der Waals surface area (Å²) >= 11 is 0. The van der Waals surface area contributed by atoms with Gasteiger partial charge in [0, 0.05) is 75.4 Å². The molecule has 1 aromatic heterocycles. The molecule has 2 N–H and O–H groups in total. The molecule has 3 heterocycles. The predicted octanol–water partition coefficient (Wildman–Crippen LogP) is 1.70. The maximum absolute atomic E-state index is 9.11. The number of morpholine rings is 1. The monoisotopic (exact) mass is 440 g/mol. The number of aryl methyl sites for hydroxylation is 1. The first-order valence-electron chi connectivity index (χ1n) is 11.8. The number of nitrogens with zero attached hydrogens (tertiary/aromatic N) is 5. The van der Waals surface area contributed by atoms with Crippen molar-refractivity contribution in [2.45, 2.75) is 13.3 Å². The highest BCUT2D eigenvalue weighted by Crippen LogP contribution is 2.23. The molecule has 0 spiro atoms. The van der Waals surface area contributed by atoms with Gasteiger partial charge in [0.25, 0.3) is 0 Å². The molecule has 1 aromatic carbocycles. The number of piperazine rings is 1. The molecule has 0 bridgehead atoms. The molecule has 2 aliphatic rings. The van der Waals surface area contributed by atoms with E-state index < -0.39 is 0 Å². The van der Waals surface area contributed by atoms with Gasteiger partial charge in [0.1, 0.15) is 5.82 Å². The van der Waals surface area contributed by atoms with Crippen LogP contribution in [0.25, 0.3) is 11.4 Å². The maximum atomic E-state index is 9.11. The molecule has 8 heteroatoms. The van der Waals surface area contributed by atoms with E-state index in [1.54, 1.807) is 0 Å². The summed E-state index contributed by atoms with van der Waals surface area (Å²) in [5, 5.41) is 12.6. The largest absolute Gasteiger partial charge is 0.395 e. The topological polar surface area (TPSA) is 77.0 Å². The van der Waals surface area contributed by atoms with Crippen LogP contribution < -0.4 is 10.2 Å². The number of benzene rings is 1. The van der Waals surface area contributed by atoms with Crippen molar-refractivity contribution in [1.82, 2.24) is 19.8 Å². The lowest BCUT2D eigenvalue weighted by Gasteiger charge is -2.35. The first-order valence-corrected chi connectivity index (χ1v) is 11.8. The number of β-amino-alcohol motifs (C(OH)–C–C–N with tert-alkyl or cyclic N) is 1. The van der Waals surface area contributed by atoms with Crippen molar-refractivity contribution < 1.29 is 9.84 Å². The third-order valence-electron chi connectivity index (χ3n) is 6.30. The van der Waals surface area contributed by atoms with Crippen LogP contribution in [0.15, 0.2) is 30.5 Å². The van der Waals surface area contributed by atoms with Gasteiger partial charge in [0.15, 0.2) is 5.82 Å². The molecule has 0 aliphatic carbocycles. The van der Waals surface area contributed by atoms with E-state index in [1.165, 1.54) is 5.69 Å². The molecule has 8 nitrogen and oxygen atoms in total. The minimum atomic E-state index is 0.232. The minimum absolute atomic E-state index is 0.232. The summed E-state index contributed by atoms with van der Waals surface area (Å²) in [4.78, 5) is 16.5. The summed E-state index contributed by atoms with van der Waals surface area (Å²) in [6, 6.07) is 8.55. The lowest BCUT2D eigenvalue weighted by molar-refractivity contribution is 0.0378. The summed E-state index contributed by atoms with van der Waals surface area (Å²) in [6.07, 6.45) is 2.99. The number of aromatic nitrogens is 2. The molecular weight excluding hydrogens is 404 g/mol. The average molecular weight is 441 g/mol. The number of hydrogen-bond acceptors (Lipinski definition) is 8. The van der Waals surface area contributed by atoms with Gasteiger partial charge < -0.3 is 20.1 Å². The van der Waals surface area contributed by atoms with Crippen LogP contribution in [0.4, 0.5) is 11.5 Å². The van der Waals surface area contributed by atoms with Crippen molar-refractivity contribution in [2.24, 2.45) is 0 Å². The van der Waals surface area contributed by atoms with E-state index in [9.17, 15) is 0 Å². The Kier molecular flexibility index (Phi) is 8.28. The zero-order valence-electron chi connectivity index (χ0n) is 19.2. The summed E-state index contributed by atoms with van der Waals surface area (Å²) < 4.78 is 5.41. The quantitative estimate of drug-likeness (QED) is 0.571. The highest BCUT2D eigenvalue weighted by atomic mass is 16.5. The molecule has 2 saturated heterocycles. The Hall–Kier alpha value is -2.26. The van der Waals surface area contributed by atoms with Crippen LogP contribution in [0.3, 0.4) is 0 Å². The first kappa shape index (κ1) is 22.9. The molecule has 0 radical (unpaired) electrons. The third kappa shape index (κ3) is 6.16.